The minimum Gasteiger partial charge on any atom is -0.496 e. The summed E-state index contributed by atoms with van der Waals surface area (Å²) in [5.41, 5.74) is 8.38. The number of nitrogens with zero attached hydrogens (tertiary/aromatic N) is 3. The summed E-state index contributed by atoms with van der Waals surface area (Å²) in [6.45, 7) is 0. The van der Waals surface area contributed by atoms with Crippen LogP contribution in [0.1, 0.15) is 5.56 Å². The van der Waals surface area contributed by atoms with Gasteiger partial charge in [0.1, 0.15) is 23.2 Å². The number of nitro groups is 1. The van der Waals surface area contributed by atoms with Gasteiger partial charge in [0.2, 0.25) is 0 Å². The highest BCUT2D eigenvalue weighted by atomic mass is 16.6. The number of nitriles is 1. The van der Waals surface area contributed by atoms with E-state index in [-0.39, 0.29) is 17.1 Å². The van der Waals surface area contributed by atoms with E-state index in [9.17, 15) is 15.4 Å². The number of ether oxygens (including phenoxy) is 1. The molecule has 26 heavy (non-hydrogen) atoms. The number of hydrogen-bond donors (Lipinski definition) is 1. The van der Waals surface area contributed by atoms with E-state index >= 15 is 0 Å². The summed E-state index contributed by atoms with van der Waals surface area (Å²) in [5.74, 6) is 0.636. The van der Waals surface area contributed by atoms with Gasteiger partial charge in [0.05, 0.1) is 17.7 Å². The lowest BCUT2D eigenvalue weighted by Gasteiger charge is -2.13. The van der Waals surface area contributed by atoms with Gasteiger partial charge >= 0.3 is 0 Å². The third-order valence-corrected chi connectivity index (χ3v) is 3.91. The lowest BCUT2D eigenvalue weighted by Crippen LogP contribution is -2.01. The molecule has 0 atom stereocenters. The van der Waals surface area contributed by atoms with E-state index in [1.807, 2.05) is 18.2 Å². The van der Waals surface area contributed by atoms with Crippen LogP contribution in [-0.4, -0.2) is 17.0 Å². The summed E-state index contributed by atoms with van der Waals surface area (Å²) in [6, 6.07) is 17.1. The molecule has 0 unspecified atom stereocenters. The summed E-state index contributed by atoms with van der Waals surface area (Å²) >= 11 is 0. The molecule has 128 valence electrons. The van der Waals surface area contributed by atoms with E-state index in [1.165, 1.54) is 19.2 Å². The molecule has 7 nitrogen and oxygen atoms in total. The Morgan fingerprint density at radius 1 is 1.15 bits per heavy atom. The predicted molar refractivity (Wildman–Crippen MR) is 97.4 cm³/mol. The van der Waals surface area contributed by atoms with Crippen LogP contribution in [0.25, 0.3) is 22.4 Å². The topological polar surface area (TPSA) is 115 Å². The third kappa shape index (κ3) is 3.03. The Labute approximate surface area is 149 Å². The van der Waals surface area contributed by atoms with Crippen molar-refractivity contribution >= 4 is 11.5 Å². The zero-order valence-corrected chi connectivity index (χ0v) is 13.8. The van der Waals surface area contributed by atoms with E-state index in [2.05, 4.69) is 11.1 Å². The van der Waals surface area contributed by atoms with Crippen LogP contribution in [-0.2, 0) is 0 Å². The summed E-state index contributed by atoms with van der Waals surface area (Å²) < 4.78 is 5.38. The number of methoxy groups -OCH3 is 1. The van der Waals surface area contributed by atoms with Crippen LogP contribution < -0.4 is 10.5 Å². The van der Waals surface area contributed by atoms with Crippen molar-refractivity contribution in [2.24, 2.45) is 0 Å². The first kappa shape index (κ1) is 16.9. The molecular weight excluding hydrogens is 332 g/mol. The van der Waals surface area contributed by atoms with Gasteiger partial charge in [0.25, 0.3) is 5.69 Å². The molecule has 2 N–H and O–H groups in total. The molecule has 1 heterocycles. The molecule has 0 saturated carbocycles. The molecule has 0 aliphatic heterocycles. The van der Waals surface area contributed by atoms with Gasteiger partial charge in [0.15, 0.2) is 0 Å². The van der Waals surface area contributed by atoms with Gasteiger partial charge in [0, 0.05) is 28.8 Å². The standard InChI is InChI=1S/C19H14N4O3/c1-26-18-8-3-2-7-14(18)15-10-17(22-19(21)16(15)11-20)12-5-4-6-13(9-12)23(24)25/h2-10H,1H3,(H2,21,22). The average Bonchev–Trinajstić information content (AvgIpc) is 2.67. The molecule has 0 spiro atoms. The van der Waals surface area contributed by atoms with E-state index in [0.717, 1.165) is 0 Å². The van der Waals surface area contributed by atoms with Crippen molar-refractivity contribution in [2.45, 2.75) is 0 Å². The number of hydrogen-bond acceptors (Lipinski definition) is 6. The molecular formula is C19H14N4O3. The number of benzene rings is 2. The van der Waals surface area contributed by atoms with Gasteiger partial charge < -0.3 is 10.5 Å². The molecule has 3 aromatic rings. The maximum absolute atomic E-state index is 11.0. The summed E-state index contributed by atoms with van der Waals surface area (Å²) in [6.07, 6.45) is 0. The second-order valence-corrected chi connectivity index (χ2v) is 5.43. The van der Waals surface area contributed by atoms with E-state index in [1.54, 1.807) is 24.3 Å². The highest BCUT2D eigenvalue weighted by Crippen LogP contribution is 2.36. The maximum atomic E-state index is 11.0. The molecule has 3 rings (SSSR count). The Bertz CT molecular complexity index is 1040. The zero-order valence-electron chi connectivity index (χ0n) is 13.8. The number of rotatable bonds is 4. The quantitative estimate of drug-likeness (QED) is 0.567. The Morgan fingerprint density at radius 3 is 2.62 bits per heavy atom. The fraction of sp³-hybridized carbons (Fsp3) is 0.0526. The Hall–Kier alpha value is -3.92. The summed E-state index contributed by atoms with van der Waals surface area (Å²) in [7, 11) is 1.54. The molecule has 2 aromatic carbocycles. The molecule has 0 bridgehead atoms. The van der Waals surface area contributed by atoms with Crippen LogP contribution in [0.2, 0.25) is 0 Å². The van der Waals surface area contributed by atoms with Crippen molar-refractivity contribution in [2.75, 3.05) is 12.8 Å². The smallest absolute Gasteiger partial charge is 0.270 e. The van der Waals surface area contributed by atoms with Gasteiger partial charge in [-0.15, -0.1) is 0 Å². The summed E-state index contributed by atoms with van der Waals surface area (Å²) in [4.78, 5) is 14.8. The van der Waals surface area contributed by atoms with Gasteiger partial charge in [-0.1, -0.05) is 30.3 Å². The van der Waals surface area contributed by atoms with Gasteiger partial charge in [-0.3, -0.25) is 10.1 Å². The van der Waals surface area contributed by atoms with Gasteiger partial charge in [-0.2, -0.15) is 5.26 Å². The van der Waals surface area contributed by atoms with Crippen LogP contribution >= 0.6 is 0 Å². The van der Waals surface area contributed by atoms with Crippen LogP contribution in [0, 0.1) is 21.4 Å². The van der Waals surface area contributed by atoms with Gasteiger partial charge in [-0.05, 0) is 12.1 Å². The predicted octanol–water partition coefficient (Wildman–Crippen LogP) is 3.79. The van der Waals surface area contributed by atoms with Crippen LogP contribution in [0.5, 0.6) is 5.75 Å². The van der Waals surface area contributed by atoms with E-state index in [4.69, 9.17) is 10.5 Å². The van der Waals surface area contributed by atoms with E-state index in [0.29, 0.717) is 28.1 Å². The first-order valence-electron chi connectivity index (χ1n) is 7.64. The molecule has 0 saturated heterocycles. The second kappa shape index (κ2) is 6.91. The Balaban J connectivity index is 2.25. The fourth-order valence-corrected chi connectivity index (χ4v) is 2.69. The number of anilines is 1. The number of aromatic nitrogens is 1. The first-order valence-corrected chi connectivity index (χ1v) is 7.64. The number of nitrogens with two attached hydrogens (primary N) is 1. The lowest BCUT2D eigenvalue weighted by molar-refractivity contribution is -0.384. The number of nitro benzene ring substituents is 1. The number of non-ortho nitro benzene ring substituents is 1. The number of para-hydroxylation sites is 1. The molecule has 0 fully saturated rings. The number of nitrogen functional groups attached to an aromatic ring is 1. The van der Waals surface area contributed by atoms with E-state index < -0.39 is 4.92 Å². The number of pyridine rings is 1. The van der Waals surface area contributed by atoms with Crippen molar-refractivity contribution < 1.29 is 9.66 Å². The highest BCUT2D eigenvalue weighted by Gasteiger charge is 2.17. The normalized spacial score (nSPS) is 10.2. The van der Waals surface area contributed by atoms with Crippen molar-refractivity contribution in [1.29, 1.82) is 5.26 Å². The first-order chi connectivity index (χ1) is 12.5. The monoisotopic (exact) mass is 346 g/mol. The second-order valence-electron chi connectivity index (χ2n) is 5.43. The van der Waals surface area contributed by atoms with Crippen molar-refractivity contribution in [3.63, 3.8) is 0 Å². The Morgan fingerprint density at radius 2 is 1.92 bits per heavy atom. The fourth-order valence-electron chi connectivity index (χ4n) is 2.69. The van der Waals surface area contributed by atoms with Crippen LogP contribution in [0.15, 0.2) is 54.6 Å². The van der Waals surface area contributed by atoms with Gasteiger partial charge in [-0.25, -0.2) is 4.98 Å². The minimum atomic E-state index is -0.475. The molecule has 0 radical (unpaired) electrons. The minimum absolute atomic E-state index is 0.0499. The highest BCUT2D eigenvalue weighted by molar-refractivity contribution is 5.83. The Kier molecular flexibility index (Phi) is 4.50. The van der Waals surface area contributed by atoms with Crippen LogP contribution in [0.4, 0.5) is 11.5 Å². The zero-order chi connectivity index (χ0) is 18.7. The third-order valence-electron chi connectivity index (χ3n) is 3.91. The van der Waals surface area contributed by atoms with Crippen molar-refractivity contribution in [1.82, 2.24) is 4.98 Å². The largest absolute Gasteiger partial charge is 0.496 e. The van der Waals surface area contributed by atoms with Crippen molar-refractivity contribution in [3.8, 4) is 34.2 Å². The molecule has 1 aromatic heterocycles. The molecule has 0 amide bonds. The summed E-state index contributed by atoms with van der Waals surface area (Å²) in [5, 5.41) is 20.5. The van der Waals surface area contributed by atoms with Crippen LogP contribution in [0.3, 0.4) is 0 Å². The maximum Gasteiger partial charge on any atom is 0.270 e. The SMILES string of the molecule is COc1ccccc1-c1cc(-c2cccc([N+](=O)[O-])c2)nc(N)c1C#N. The molecule has 0 aliphatic carbocycles. The molecule has 7 heteroatoms. The molecule has 0 aliphatic rings. The lowest BCUT2D eigenvalue weighted by atomic mass is 9.97. The average molecular weight is 346 g/mol. The van der Waals surface area contributed by atoms with Crippen molar-refractivity contribution in [3.05, 3.63) is 70.3 Å².